The molecule has 1 rings (SSSR count). The van der Waals surface area contributed by atoms with Gasteiger partial charge in [0.15, 0.2) is 5.78 Å². The third-order valence-electron chi connectivity index (χ3n) is 1.95. The average molecular weight is 249 g/mol. The summed E-state index contributed by atoms with van der Waals surface area (Å²) in [4.78, 5) is 14.7. The molecule has 0 aromatic carbocycles. The number of carbonyl (C=O) groups is 1. The van der Waals surface area contributed by atoms with Gasteiger partial charge in [-0.3, -0.25) is 4.79 Å². The first kappa shape index (κ1) is 13.4. The molecular formula is C10H10F3NO3. The fraction of sp³-hybridized carbons (Fsp3) is 0.400. The van der Waals surface area contributed by atoms with Crippen LogP contribution in [0.15, 0.2) is 12.3 Å². The summed E-state index contributed by atoms with van der Waals surface area (Å²) in [5.41, 5.74) is -1.34. The van der Waals surface area contributed by atoms with Crippen LogP contribution in [0, 0.1) is 0 Å². The van der Waals surface area contributed by atoms with Gasteiger partial charge < -0.3 is 9.47 Å². The third-order valence-corrected chi connectivity index (χ3v) is 1.95. The number of Topliss-reactive ketones (excluding diaryl/α,β-unsaturated/α-hetero) is 1. The SMILES string of the molecule is COCC(=O)c1cc(C(F)(F)F)ncc1OC. The Morgan fingerprint density at radius 2 is 2.06 bits per heavy atom. The normalized spacial score (nSPS) is 11.4. The molecule has 94 valence electrons. The number of ether oxygens (including phenoxy) is 2. The third kappa shape index (κ3) is 3.16. The maximum atomic E-state index is 12.4. The highest BCUT2D eigenvalue weighted by molar-refractivity contribution is 5.99. The first-order valence-corrected chi connectivity index (χ1v) is 4.53. The summed E-state index contributed by atoms with van der Waals surface area (Å²) < 4.78 is 46.6. The van der Waals surface area contributed by atoms with Gasteiger partial charge in [0.2, 0.25) is 0 Å². The average Bonchev–Trinajstić information content (AvgIpc) is 2.27. The Hall–Kier alpha value is -1.63. The van der Waals surface area contributed by atoms with Crippen LogP contribution in [-0.2, 0) is 10.9 Å². The van der Waals surface area contributed by atoms with Crippen LogP contribution in [0.25, 0.3) is 0 Å². The van der Waals surface area contributed by atoms with Gasteiger partial charge in [0.1, 0.15) is 18.1 Å². The van der Waals surface area contributed by atoms with Crippen LogP contribution >= 0.6 is 0 Å². The zero-order valence-corrected chi connectivity index (χ0v) is 9.17. The minimum absolute atomic E-state index is 0.0138. The number of halogens is 3. The molecule has 0 amide bonds. The highest BCUT2D eigenvalue weighted by atomic mass is 19.4. The summed E-state index contributed by atoms with van der Waals surface area (Å²) >= 11 is 0. The molecular weight excluding hydrogens is 239 g/mol. The van der Waals surface area contributed by atoms with Crippen LogP contribution in [0.3, 0.4) is 0 Å². The predicted octanol–water partition coefficient (Wildman–Crippen LogP) is 1.94. The number of alkyl halides is 3. The van der Waals surface area contributed by atoms with Gasteiger partial charge in [-0.05, 0) is 6.07 Å². The highest BCUT2D eigenvalue weighted by Crippen LogP contribution is 2.30. The van der Waals surface area contributed by atoms with E-state index >= 15 is 0 Å². The molecule has 4 nitrogen and oxygen atoms in total. The van der Waals surface area contributed by atoms with E-state index in [1.807, 2.05) is 0 Å². The van der Waals surface area contributed by atoms with Crippen LogP contribution in [0.2, 0.25) is 0 Å². The molecule has 0 saturated heterocycles. The van der Waals surface area contributed by atoms with Gasteiger partial charge in [0.05, 0.1) is 18.9 Å². The molecule has 0 aliphatic heterocycles. The number of methoxy groups -OCH3 is 2. The number of ketones is 1. The van der Waals surface area contributed by atoms with Gasteiger partial charge >= 0.3 is 6.18 Å². The van der Waals surface area contributed by atoms with Crippen LogP contribution < -0.4 is 4.74 Å². The van der Waals surface area contributed by atoms with Gasteiger partial charge in [0.25, 0.3) is 0 Å². The van der Waals surface area contributed by atoms with Gasteiger partial charge in [0, 0.05) is 7.11 Å². The van der Waals surface area contributed by atoms with E-state index in [-0.39, 0.29) is 17.9 Å². The number of nitrogens with zero attached hydrogens (tertiary/aromatic N) is 1. The molecule has 0 N–H and O–H groups in total. The van der Waals surface area contributed by atoms with Crippen molar-refractivity contribution in [1.29, 1.82) is 0 Å². The van der Waals surface area contributed by atoms with Gasteiger partial charge in [-0.25, -0.2) is 4.98 Å². The lowest BCUT2D eigenvalue weighted by atomic mass is 10.1. The summed E-state index contributed by atoms with van der Waals surface area (Å²) in [6, 6.07) is 0.653. The zero-order valence-electron chi connectivity index (χ0n) is 9.17. The van der Waals surface area contributed by atoms with E-state index < -0.39 is 17.7 Å². The van der Waals surface area contributed by atoms with Crippen LogP contribution in [0.1, 0.15) is 16.1 Å². The van der Waals surface area contributed by atoms with E-state index in [1.165, 1.54) is 14.2 Å². The van der Waals surface area contributed by atoms with E-state index in [0.29, 0.717) is 6.07 Å². The molecule has 0 bridgehead atoms. The fourth-order valence-electron chi connectivity index (χ4n) is 1.19. The molecule has 0 saturated carbocycles. The van der Waals surface area contributed by atoms with Crippen molar-refractivity contribution in [3.8, 4) is 5.75 Å². The number of hydrogen-bond donors (Lipinski definition) is 0. The predicted molar refractivity (Wildman–Crippen MR) is 52.0 cm³/mol. The van der Waals surface area contributed by atoms with Crippen molar-refractivity contribution < 1.29 is 27.4 Å². The van der Waals surface area contributed by atoms with E-state index in [0.717, 1.165) is 6.20 Å². The Balaban J connectivity index is 3.20. The second kappa shape index (κ2) is 5.13. The summed E-state index contributed by atoms with van der Waals surface area (Å²) in [5.74, 6) is -0.614. The lowest BCUT2D eigenvalue weighted by molar-refractivity contribution is -0.141. The first-order chi connectivity index (χ1) is 7.90. The Labute approximate surface area is 95.4 Å². The van der Waals surface area contributed by atoms with Crippen LogP contribution in [0.5, 0.6) is 5.75 Å². The fourth-order valence-corrected chi connectivity index (χ4v) is 1.19. The second-order valence-electron chi connectivity index (χ2n) is 3.12. The monoisotopic (exact) mass is 249 g/mol. The Kier molecular flexibility index (Phi) is 4.06. The van der Waals surface area contributed by atoms with Crippen molar-refractivity contribution in [2.75, 3.05) is 20.8 Å². The van der Waals surface area contributed by atoms with Crippen molar-refractivity contribution in [3.05, 3.63) is 23.5 Å². The number of hydrogen-bond acceptors (Lipinski definition) is 4. The van der Waals surface area contributed by atoms with Crippen molar-refractivity contribution in [3.63, 3.8) is 0 Å². The van der Waals surface area contributed by atoms with Gasteiger partial charge in [-0.2, -0.15) is 13.2 Å². The minimum Gasteiger partial charge on any atom is -0.494 e. The summed E-state index contributed by atoms with van der Waals surface area (Å²) in [7, 11) is 2.52. The molecule has 17 heavy (non-hydrogen) atoms. The summed E-state index contributed by atoms with van der Waals surface area (Å²) in [6.07, 6.45) is -3.74. The number of aromatic nitrogens is 1. The largest absolute Gasteiger partial charge is 0.494 e. The van der Waals surface area contributed by atoms with Crippen molar-refractivity contribution in [2.45, 2.75) is 6.18 Å². The Bertz CT molecular complexity index is 418. The van der Waals surface area contributed by atoms with Gasteiger partial charge in [-0.15, -0.1) is 0 Å². The smallest absolute Gasteiger partial charge is 0.433 e. The Morgan fingerprint density at radius 3 is 2.53 bits per heavy atom. The molecule has 1 aromatic heterocycles. The van der Waals surface area contributed by atoms with Crippen LogP contribution in [-0.4, -0.2) is 31.6 Å². The zero-order chi connectivity index (χ0) is 13.1. The van der Waals surface area contributed by atoms with E-state index in [4.69, 9.17) is 4.74 Å². The molecule has 1 heterocycles. The maximum Gasteiger partial charge on any atom is 0.433 e. The van der Waals surface area contributed by atoms with Gasteiger partial charge in [-0.1, -0.05) is 0 Å². The molecule has 0 fully saturated rings. The quantitative estimate of drug-likeness (QED) is 0.765. The molecule has 1 aromatic rings. The minimum atomic E-state index is -4.60. The van der Waals surface area contributed by atoms with Crippen molar-refractivity contribution in [2.24, 2.45) is 0 Å². The molecule has 0 unspecified atom stereocenters. The topological polar surface area (TPSA) is 48.4 Å². The highest BCUT2D eigenvalue weighted by Gasteiger charge is 2.33. The van der Waals surface area contributed by atoms with Crippen molar-refractivity contribution >= 4 is 5.78 Å². The molecule has 0 spiro atoms. The molecule has 7 heteroatoms. The lowest BCUT2D eigenvalue weighted by Gasteiger charge is -2.10. The van der Waals surface area contributed by atoms with E-state index in [2.05, 4.69) is 9.72 Å². The summed E-state index contributed by atoms with van der Waals surface area (Å²) in [6.45, 7) is -0.322. The second-order valence-corrected chi connectivity index (χ2v) is 3.12. The van der Waals surface area contributed by atoms with Crippen LogP contribution in [0.4, 0.5) is 13.2 Å². The molecule has 0 aliphatic carbocycles. The van der Waals surface area contributed by atoms with Crippen molar-refractivity contribution in [1.82, 2.24) is 4.98 Å². The van der Waals surface area contributed by atoms with E-state index in [9.17, 15) is 18.0 Å². The molecule has 0 aliphatic rings. The number of carbonyl (C=O) groups excluding carboxylic acids is 1. The maximum absolute atomic E-state index is 12.4. The van der Waals surface area contributed by atoms with E-state index in [1.54, 1.807) is 0 Å². The number of pyridine rings is 1. The molecule has 0 radical (unpaired) electrons. The lowest BCUT2D eigenvalue weighted by Crippen LogP contribution is -2.14. The Morgan fingerprint density at radius 1 is 1.41 bits per heavy atom. The number of rotatable bonds is 4. The summed E-state index contributed by atoms with van der Waals surface area (Å²) in [5, 5.41) is 0. The first-order valence-electron chi connectivity index (χ1n) is 4.53. The standard InChI is InChI=1S/C10H10F3NO3/c1-16-5-7(15)6-3-9(10(11,12)13)14-4-8(6)17-2/h3-4H,5H2,1-2H3. The molecule has 0 atom stereocenters.